The number of rotatable bonds is 11. The molecule has 0 amide bonds. The van der Waals surface area contributed by atoms with Gasteiger partial charge in [0.25, 0.3) is 0 Å². The molecule has 1 aliphatic heterocycles. The van der Waals surface area contributed by atoms with Crippen LogP contribution in [0.2, 0.25) is 0 Å². The standard InChI is InChI=1S/C26H29N7O4S.C8H14.C5H10.3C2H6.C2H4/c1-16-14-27-24(28-15-16)23-20(11-7-13-37-23)38-32-26-31-30-25(17-8-5-12-21(29-17)36-4)33(26)22-18(34-2)9-6-10-19(22)35-3;1-4-5-6-7-8(2)3;1-4-5(2)3;4*1-2/h5-6,8-10,12,14-15,20,23H,7,11,13H2,1-4H3,(H,31,32);5-7H,4H2,1-3H3;4H,1-3H3;3*1-2H3;1-2H2/b;6-5-;;;;;. The van der Waals surface area contributed by atoms with Gasteiger partial charge in [0.15, 0.2) is 11.6 Å². The summed E-state index contributed by atoms with van der Waals surface area (Å²) in [6, 6.07) is 11.1. The van der Waals surface area contributed by atoms with Gasteiger partial charge in [-0.25, -0.2) is 15.0 Å². The summed E-state index contributed by atoms with van der Waals surface area (Å²) in [5, 5.41) is 9.03. The maximum atomic E-state index is 6.10. The van der Waals surface area contributed by atoms with Crippen molar-refractivity contribution in [3.05, 3.63) is 109 Å². The van der Waals surface area contributed by atoms with Gasteiger partial charge in [0.05, 0.1) is 26.6 Å². The molecule has 3 aromatic heterocycles. The van der Waals surface area contributed by atoms with Gasteiger partial charge in [-0.3, -0.25) is 9.29 Å². The Hall–Kier alpha value is -4.94. The van der Waals surface area contributed by atoms with Crippen molar-refractivity contribution in [1.82, 2.24) is 29.7 Å². The molecular formula is C47H75N7O4S. The lowest BCUT2D eigenvalue weighted by atomic mass is 10.1. The summed E-state index contributed by atoms with van der Waals surface area (Å²) in [7, 11) is 4.79. The van der Waals surface area contributed by atoms with Crippen LogP contribution in [0.3, 0.4) is 0 Å². The molecule has 2 atom stereocenters. The Morgan fingerprint density at radius 3 is 1.97 bits per heavy atom. The summed E-state index contributed by atoms with van der Waals surface area (Å²) in [6.07, 6.45) is 14.8. The number of hydrogen-bond donors (Lipinski definition) is 1. The highest BCUT2D eigenvalue weighted by molar-refractivity contribution is 8.01. The van der Waals surface area contributed by atoms with E-state index in [9.17, 15) is 0 Å². The minimum Gasteiger partial charge on any atom is -0.494 e. The van der Waals surface area contributed by atoms with E-state index >= 15 is 0 Å². The maximum Gasteiger partial charge on any atom is 0.239 e. The average Bonchev–Trinajstić information content (AvgIpc) is 3.72. The fourth-order valence-corrected chi connectivity index (χ4v) is 5.62. The van der Waals surface area contributed by atoms with E-state index in [1.165, 1.54) is 23.1 Å². The van der Waals surface area contributed by atoms with Crippen molar-refractivity contribution >= 4 is 17.9 Å². The zero-order valence-corrected chi connectivity index (χ0v) is 39.9. The fourth-order valence-electron chi connectivity index (χ4n) is 4.62. The number of para-hydroxylation sites is 1. The molecule has 4 aromatic rings. The first-order valence-corrected chi connectivity index (χ1v) is 21.4. The lowest BCUT2D eigenvalue weighted by molar-refractivity contribution is 0.0147. The van der Waals surface area contributed by atoms with Gasteiger partial charge in [-0.05, 0) is 96.5 Å². The highest BCUT2D eigenvalue weighted by Crippen LogP contribution is 2.40. The number of aromatic nitrogens is 6. The molecule has 1 saturated heterocycles. The molecule has 12 heteroatoms. The summed E-state index contributed by atoms with van der Waals surface area (Å²) in [5.41, 5.74) is 4.96. The van der Waals surface area contributed by atoms with Crippen molar-refractivity contribution in [2.75, 3.05) is 32.7 Å². The van der Waals surface area contributed by atoms with Crippen molar-refractivity contribution in [2.24, 2.45) is 0 Å². The van der Waals surface area contributed by atoms with Crippen LogP contribution in [-0.2, 0) is 4.74 Å². The second-order valence-electron chi connectivity index (χ2n) is 12.0. The number of benzene rings is 1. The molecule has 1 aromatic carbocycles. The first-order chi connectivity index (χ1) is 28.7. The van der Waals surface area contributed by atoms with E-state index in [1.54, 1.807) is 27.4 Å². The largest absolute Gasteiger partial charge is 0.494 e. The second kappa shape index (κ2) is 35.0. The topological polar surface area (TPSA) is 118 Å². The van der Waals surface area contributed by atoms with E-state index in [2.05, 4.69) is 102 Å². The molecule has 5 rings (SSSR count). The van der Waals surface area contributed by atoms with Gasteiger partial charge in [-0.15, -0.1) is 23.4 Å². The van der Waals surface area contributed by atoms with Crippen molar-refractivity contribution in [3.8, 4) is 34.6 Å². The molecule has 0 spiro atoms. The quantitative estimate of drug-likeness (QED) is 0.0883. The third kappa shape index (κ3) is 20.1. The van der Waals surface area contributed by atoms with Crippen LogP contribution < -0.4 is 18.9 Å². The van der Waals surface area contributed by atoms with Gasteiger partial charge >= 0.3 is 0 Å². The lowest BCUT2D eigenvalue weighted by Gasteiger charge is -2.30. The Bertz CT molecular complexity index is 1730. The van der Waals surface area contributed by atoms with E-state index in [0.29, 0.717) is 53.0 Å². The summed E-state index contributed by atoms with van der Waals surface area (Å²) in [6.45, 7) is 33.2. The van der Waals surface area contributed by atoms with Crippen molar-refractivity contribution in [2.45, 2.75) is 121 Å². The number of nitrogens with one attached hydrogen (secondary N) is 1. The third-order valence-electron chi connectivity index (χ3n) is 7.45. The van der Waals surface area contributed by atoms with Gasteiger partial charge in [0.1, 0.15) is 29.0 Å². The third-order valence-corrected chi connectivity index (χ3v) is 8.54. The Morgan fingerprint density at radius 1 is 0.881 bits per heavy atom. The van der Waals surface area contributed by atoms with E-state index < -0.39 is 0 Å². The first-order valence-electron chi connectivity index (χ1n) is 20.6. The van der Waals surface area contributed by atoms with Crippen LogP contribution in [0.15, 0.2) is 97.4 Å². The Balaban J connectivity index is 0. The predicted octanol–water partition coefficient (Wildman–Crippen LogP) is 13.2. The van der Waals surface area contributed by atoms with Crippen LogP contribution in [0.5, 0.6) is 17.4 Å². The molecule has 0 saturated carbocycles. The molecule has 0 bridgehead atoms. The SMILES string of the molecule is C=C.CC.CC.CC.CC/C=C\C=C(C)C.CC=C(C)C.COc1cccc(-c2nnc(NSC3CCCOC3c3ncc(C)cn3)n2-c2c(OC)cccc2OC)n1. The van der Waals surface area contributed by atoms with Crippen LogP contribution in [-0.4, -0.2) is 62.9 Å². The fraction of sp³-hybridized carbons (Fsp3) is 0.468. The van der Waals surface area contributed by atoms with Crippen LogP contribution in [0.4, 0.5) is 5.95 Å². The molecule has 11 nitrogen and oxygen atoms in total. The molecule has 2 unspecified atom stereocenters. The zero-order chi connectivity index (χ0) is 45.2. The summed E-state index contributed by atoms with van der Waals surface area (Å²) < 4.78 is 28.1. The summed E-state index contributed by atoms with van der Waals surface area (Å²) in [5.74, 6) is 3.29. The lowest BCUT2D eigenvalue weighted by Crippen LogP contribution is -2.27. The molecule has 1 aliphatic rings. The van der Waals surface area contributed by atoms with Crippen LogP contribution >= 0.6 is 11.9 Å². The minimum absolute atomic E-state index is 0.0505. The molecule has 328 valence electrons. The molecule has 1 N–H and O–H groups in total. The first kappa shape index (κ1) is 56.2. The van der Waals surface area contributed by atoms with Crippen molar-refractivity contribution < 1.29 is 18.9 Å². The van der Waals surface area contributed by atoms with E-state index in [4.69, 9.17) is 18.9 Å². The molecule has 0 aliphatic carbocycles. The highest BCUT2D eigenvalue weighted by atomic mass is 32.2. The number of aryl methyl sites for hydroxylation is 1. The van der Waals surface area contributed by atoms with Crippen LogP contribution in [0.25, 0.3) is 17.2 Å². The minimum atomic E-state index is -0.251. The van der Waals surface area contributed by atoms with Crippen LogP contribution in [0.1, 0.15) is 120 Å². The normalized spacial score (nSPS) is 13.4. The van der Waals surface area contributed by atoms with Gasteiger partial charge < -0.3 is 18.9 Å². The average molecular weight is 834 g/mol. The smallest absolute Gasteiger partial charge is 0.239 e. The summed E-state index contributed by atoms with van der Waals surface area (Å²) >= 11 is 1.50. The number of ether oxygens (including phenoxy) is 4. The number of anilines is 1. The van der Waals surface area contributed by atoms with E-state index in [1.807, 2.05) is 103 Å². The molecular weight excluding hydrogens is 759 g/mol. The molecule has 59 heavy (non-hydrogen) atoms. The van der Waals surface area contributed by atoms with Crippen molar-refractivity contribution in [1.29, 1.82) is 0 Å². The predicted molar refractivity (Wildman–Crippen MR) is 253 cm³/mol. The number of hydrogen-bond acceptors (Lipinski definition) is 11. The summed E-state index contributed by atoms with van der Waals surface area (Å²) in [4.78, 5) is 13.6. The Kier molecular flexibility index (Phi) is 33.4. The zero-order valence-electron chi connectivity index (χ0n) is 39.1. The van der Waals surface area contributed by atoms with Gasteiger partial charge in [0, 0.05) is 25.1 Å². The number of pyridine rings is 1. The maximum absolute atomic E-state index is 6.10. The highest BCUT2D eigenvalue weighted by Gasteiger charge is 2.32. The molecule has 1 fully saturated rings. The van der Waals surface area contributed by atoms with Gasteiger partial charge in [-0.2, -0.15) is 0 Å². The molecule has 4 heterocycles. The second-order valence-corrected chi connectivity index (χ2v) is 13.1. The van der Waals surface area contributed by atoms with Gasteiger partial charge in [-0.1, -0.05) is 96.0 Å². The van der Waals surface area contributed by atoms with Gasteiger partial charge in [0.2, 0.25) is 11.8 Å². The van der Waals surface area contributed by atoms with Crippen molar-refractivity contribution in [3.63, 3.8) is 0 Å². The number of allylic oxidation sites excluding steroid dienone is 6. The van der Waals surface area contributed by atoms with Crippen LogP contribution in [0, 0.1) is 6.92 Å². The monoisotopic (exact) mass is 834 g/mol. The number of nitrogens with zero attached hydrogens (tertiary/aromatic N) is 6. The Labute approximate surface area is 362 Å². The Morgan fingerprint density at radius 2 is 1.46 bits per heavy atom. The van der Waals surface area contributed by atoms with E-state index in [0.717, 1.165) is 24.8 Å². The number of methoxy groups -OCH3 is 3. The molecule has 0 radical (unpaired) electrons. The van der Waals surface area contributed by atoms with E-state index in [-0.39, 0.29) is 11.4 Å².